The Morgan fingerprint density at radius 2 is 2.33 bits per heavy atom. The number of rotatable bonds is 2. The van der Waals surface area contributed by atoms with Crippen LogP contribution in [0.5, 0.6) is 0 Å². The summed E-state index contributed by atoms with van der Waals surface area (Å²) in [7, 11) is 0. The molecule has 0 amide bonds. The van der Waals surface area contributed by atoms with Gasteiger partial charge in [0.2, 0.25) is 0 Å². The van der Waals surface area contributed by atoms with Gasteiger partial charge in [0.15, 0.2) is 0 Å². The minimum Gasteiger partial charge on any atom is -0.325 e. The standard InChI is InChI=1S/C10H9N5/c11-5-8-2-1-3-9(4-8)15-10(6-12)7-13-14-15/h1-4,7H,6,12H2. The van der Waals surface area contributed by atoms with Crippen LogP contribution in [-0.4, -0.2) is 15.0 Å². The molecule has 0 bridgehead atoms. The van der Waals surface area contributed by atoms with Gasteiger partial charge in [-0.1, -0.05) is 11.3 Å². The molecule has 0 saturated carbocycles. The van der Waals surface area contributed by atoms with Crippen LogP contribution in [0.25, 0.3) is 5.69 Å². The number of hydrogen-bond donors (Lipinski definition) is 1. The Morgan fingerprint density at radius 1 is 1.47 bits per heavy atom. The van der Waals surface area contributed by atoms with Gasteiger partial charge in [0.1, 0.15) is 0 Å². The van der Waals surface area contributed by atoms with Crippen molar-refractivity contribution in [2.45, 2.75) is 6.54 Å². The van der Waals surface area contributed by atoms with Gasteiger partial charge in [0, 0.05) is 6.54 Å². The maximum absolute atomic E-state index is 8.77. The number of nitrogens with zero attached hydrogens (tertiary/aromatic N) is 4. The minimum atomic E-state index is 0.365. The summed E-state index contributed by atoms with van der Waals surface area (Å²) in [5, 5.41) is 16.5. The van der Waals surface area contributed by atoms with Gasteiger partial charge in [-0.15, -0.1) is 5.10 Å². The molecule has 5 heteroatoms. The van der Waals surface area contributed by atoms with Crippen LogP contribution >= 0.6 is 0 Å². The van der Waals surface area contributed by atoms with Crippen LogP contribution in [0.3, 0.4) is 0 Å². The highest BCUT2D eigenvalue weighted by Crippen LogP contribution is 2.10. The second-order valence-electron chi connectivity index (χ2n) is 3.00. The van der Waals surface area contributed by atoms with Crippen LogP contribution in [0.2, 0.25) is 0 Å². The van der Waals surface area contributed by atoms with Crippen LogP contribution in [0.15, 0.2) is 30.5 Å². The van der Waals surface area contributed by atoms with Crippen molar-refractivity contribution in [2.75, 3.05) is 0 Å². The smallest absolute Gasteiger partial charge is 0.0992 e. The van der Waals surface area contributed by atoms with Crippen molar-refractivity contribution >= 4 is 0 Å². The topological polar surface area (TPSA) is 80.5 Å². The molecule has 0 unspecified atom stereocenters. The quantitative estimate of drug-likeness (QED) is 0.767. The maximum Gasteiger partial charge on any atom is 0.0992 e. The van der Waals surface area contributed by atoms with Gasteiger partial charge in [-0.05, 0) is 18.2 Å². The minimum absolute atomic E-state index is 0.365. The fraction of sp³-hybridized carbons (Fsp3) is 0.100. The first-order valence-corrected chi connectivity index (χ1v) is 4.45. The molecular weight excluding hydrogens is 190 g/mol. The first-order chi connectivity index (χ1) is 7.35. The lowest BCUT2D eigenvalue weighted by Gasteiger charge is -2.03. The lowest BCUT2D eigenvalue weighted by Crippen LogP contribution is -2.06. The molecule has 0 fully saturated rings. The van der Waals surface area contributed by atoms with Gasteiger partial charge in [-0.25, -0.2) is 4.68 Å². The van der Waals surface area contributed by atoms with Crippen molar-refractivity contribution in [2.24, 2.45) is 5.73 Å². The number of nitrogens with two attached hydrogens (primary N) is 1. The molecule has 1 aromatic carbocycles. The lowest BCUT2D eigenvalue weighted by molar-refractivity contribution is 0.761. The summed E-state index contributed by atoms with van der Waals surface area (Å²) in [6.45, 7) is 0.365. The van der Waals surface area contributed by atoms with Gasteiger partial charge in [0.25, 0.3) is 0 Å². The van der Waals surface area contributed by atoms with E-state index in [0.717, 1.165) is 11.4 Å². The third-order valence-electron chi connectivity index (χ3n) is 2.05. The van der Waals surface area contributed by atoms with E-state index >= 15 is 0 Å². The van der Waals surface area contributed by atoms with E-state index in [0.29, 0.717) is 12.1 Å². The number of aromatic nitrogens is 3. The molecule has 0 aliphatic carbocycles. The molecule has 1 aromatic heterocycles. The predicted octanol–water partition coefficient (Wildman–Crippen LogP) is 0.598. The van der Waals surface area contributed by atoms with Gasteiger partial charge in [-0.3, -0.25) is 0 Å². The predicted molar refractivity (Wildman–Crippen MR) is 54.0 cm³/mol. The average Bonchev–Trinajstić information content (AvgIpc) is 2.77. The van der Waals surface area contributed by atoms with Crippen molar-refractivity contribution in [3.63, 3.8) is 0 Å². The fourth-order valence-corrected chi connectivity index (χ4v) is 1.32. The molecular formula is C10H9N5. The zero-order chi connectivity index (χ0) is 10.7. The molecule has 15 heavy (non-hydrogen) atoms. The Kier molecular flexibility index (Phi) is 2.44. The fourth-order valence-electron chi connectivity index (χ4n) is 1.32. The molecule has 5 nitrogen and oxygen atoms in total. The average molecular weight is 199 g/mol. The van der Waals surface area contributed by atoms with E-state index in [1.165, 1.54) is 0 Å². The van der Waals surface area contributed by atoms with Gasteiger partial charge < -0.3 is 5.73 Å². The van der Waals surface area contributed by atoms with Crippen molar-refractivity contribution in [3.8, 4) is 11.8 Å². The van der Waals surface area contributed by atoms with Gasteiger partial charge >= 0.3 is 0 Å². The molecule has 2 aromatic rings. The Labute approximate surface area is 86.7 Å². The molecule has 2 rings (SSSR count). The zero-order valence-electron chi connectivity index (χ0n) is 7.96. The Bertz CT molecular complexity index is 509. The van der Waals surface area contributed by atoms with Gasteiger partial charge in [-0.2, -0.15) is 5.26 Å². The molecule has 0 aliphatic rings. The monoisotopic (exact) mass is 199 g/mol. The Morgan fingerprint density at radius 3 is 3.07 bits per heavy atom. The molecule has 0 atom stereocenters. The van der Waals surface area contributed by atoms with E-state index in [9.17, 15) is 0 Å². The van der Waals surface area contributed by atoms with Crippen LogP contribution < -0.4 is 5.73 Å². The summed E-state index contributed by atoms with van der Waals surface area (Å²) >= 11 is 0. The van der Waals surface area contributed by atoms with Crippen LogP contribution in [0.1, 0.15) is 11.3 Å². The van der Waals surface area contributed by atoms with Gasteiger partial charge in [0.05, 0.1) is 29.2 Å². The second-order valence-corrected chi connectivity index (χ2v) is 3.00. The summed E-state index contributed by atoms with van der Waals surface area (Å²) in [5.41, 5.74) is 7.73. The normalized spacial score (nSPS) is 9.87. The SMILES string of the molecule is N#Cc1cccc(-n2nncc2CN)c1. The summed E-state index contributed by atoms with van der Waals surface area (Å²) in [6, 6.07) is 9.21. The second kappa shape index (κ2) is 3.90. The third kappa shape index (κ3) is 1.71. The first-order valence-electron chi connectivity index (χ1n) is 4.45. The van der Waals surface area contributed by atoms with Crippen LogP contribution in [-0.2, 0) is 6.54 Å². The summed E-state index contributed by atoms with van der Waals surface area (Å²) in [5.74, 6) is 0. The largest absolute Gasteiger partial charge is 0.325 e. The highest BCUT2D eigenvalue weighted by molar-refractivity contribution is 5.41. The zero-order valence-corrected chi connectivity index (χ0v) is 7.96. The molecule has 0 radical (unpaired) electrons. The van der Waals surface area contributed by atoms with Crippen molar-refractivity contribution < 1.29 is 0 Å². The number of nitriles is 1. The van der Waals surface area contributed by atoms with Crippen LogP contribution in [0.4, 0.5) is 0 Å². The lowest BCUT2D eigenvalue weighted by atomic mass is 10.2. The van der Waals surface area contributed by atoms with Crippen molar-refractivity contribution in [1.29, 1.82) is 5.26 Å². The first kappa shape index (κ1) is 9.37. The van der Waals surface area contributed by atoms with E-state index in [2.05, 4.69) is 16.4 Å². The van der Waals surface area contributed by atoms with E-state index < -0.39 is 0 Å². The molecule has 1 heterocycles. The molecule has 0 aliphatic heterocycles. The van der Waals surface area contributed by atoms with E-state index in [1.807, 2.05) is 6.07 Å². The maximum atomic E-state index is 8.77. The van der Waals surface area contributed by atoms with E-state index in [1.54, 1.807) is 29.1 Å². The third-order valence-corrected chi connectivity index (χ3v) is 2.05. The molecule has 0 spiro atoms. The summed E-state index contributed by atoms with van der Waals surface area (Å²) < 4.78 is 1.63. The molecule has 2 N–H and O–H groups in total. The van der Waals surface area contributed by atoms with E-state index in [-0.39, 0.29) is 0 Å². The number of hydrogen-bond acceptors (Lipinski definition) is 4. The highest BCUT2D eigenvalue weighted by Gasteiger charge is 2.04. The van der Waals surface area contributed by atoms with Crippen molar-refractivity contribution in [3.05, 3.63) is 41.7 Å². The summed E-state index contributed by atoms with van der Waals surface area (Å²) in [4.78, 5) is 0. The number of benzene rings is 1. The highest BCUT2D eigenvalue weighted by atomic mass is 15.4. The molecule has 0 saturated heterocycles. The van der Waals surface area contributed by atoms with Crippen molar-refractivity contribution in [1.82, 2.24) is 15.0 Å². The van der Waals surface area contributed by atoms with E-state index in [4.69, 9.17) is 11.0 Å². The van der Waals surface area contributed by atoms with Crippen LogP contribution in [0, 0.1) is 11.3 Å². The Hall–Kier alpha value is -2.19. The summed E-state index contributed by atoms with van der Waals surface area (Å²) in [6.07, 6.45) is 1.61. The Balaban J connectivity index is 2.50. The molecule has 74 valence electrons.